The first-order chi connectivity index (χ1) is 10.4. The van der Waals surface area contributed by atoms with Gasteiger partial charge in [0.15, 0.2) is 24.0 Å². The van der Waals surface area contributed by atoms with E-state index in [4.69, 9.17) is 4.74 Å². The van der Waals surface area contributed by atoms with Crippen LogP contribution in [-0.2, 0) is 4.79 Å². The van der Waals surface area contributed by atoms with Crippen molar-refractivity contribution in [1.29, 1.82) is 0 Å². The molecule has 1 aromatic rings. The highest BCUT2D eigenvalue weighted by Gasteiger charge is 2.19. The monoisotopic (exact) mass is 309 g/mol. The van der Waals surface area contributed by atoms with Crippen LogP contribution in [0.15, 0.2) is 37.4 Å². The van der Waals surface area contributed by atoms with Crippen LogP contribution < -0.4 is 4.74 Å². The van der Waals surface area contributed by atoms with E-state index in [1.807, 2.05) is 0 Å². The number of carbonyl (C=O) groups excluding carboxylic acids is 2. The maximum atomic E-state index is 13.7. The van der Waals surface area contributed by atoms with Crippen LogP contribution in [0.5, 0.6) is 5.75 Å². The molecule has 1 amide bonds. The van der Waals surface area contributed by atoms with E-state index in [9.17, 15) is 18.4 Å². The summed E-state index contributed by atoms with van der Waals surface area (Å²) in [6.07, 6.45) is 3.06. The second-order valence-corrected chi connectivity index (χ2v) is 4.49. The summed E-state index contributed by atoms with van der Waals surface area (Å²) in [6, 6.07) is 1.47. The molecule has 0 heterocycles. The summed E-state index contributed by atoms with van der Waals surface area (Å²) in [4.78, 5) is 24.8. The van der Waals surface area contributed by atoms with Gasteiger partial charge in [0.2, 0.25) is 0 Å². The van der Waals surface area contributed by atoms with E-state index in [0.717, 1.165) is 13.0 Å². The number of carbonyl (C=O) groups is 2. The second-order valence-electron chi connectivity index (χ2n) is 4.49. The molecule has 0 saturated carbocycles. The number of amides is 1. The van der Waals surface area contributed by atoms with Crippen molar-refractivity contribution in [2.45, 2.75) is 6.92 Å². The van der Waals surface area contributed by atoms with Crippen molar-refractivity contribution in [2.24, 2.45) is 0 Å². The quantitative estimate of drug-likeness (QED) is 0.548. The van der Waals surface area contributed by atoms with Crippen LogP contribution in [0, 0.1) is 11.6 Å². The van der Waals surface area contributed by atoms with Gasteiger partial charge in [-0.3, -0.25) is 9.59 Å². The largest absolute Gasteiger partial charge is 0.480 e. The zero-order valence-corrected chi connectivity index (χ0v) is 12.3. The Morgan fingerprint density at radius 3 is 2.32 bits per heavy atom. The first-order valence-electron chi connectivity index (χ1n) is 6.53. The van der Waals surface area contributed by atoms with Gasteiger partial charge in [-0.15, -0.1) is 13.2 Å². The highest BCUT2D eigenvalue weighted by molar-refractivity contribution is 5.97. The molecular weight excluding hydrogens is 292 g/mol. The minimum absolute atomic E-state index is 0.246. The van der Waals surface area contributed by atoms with Gasteiger partial charge in [0.05, 0.1) is 5.56 Å². The van der Waals surface area contributed by atoms with Crippen molar-refractivity contribution < 1.29 is 23.1 Å². The third-order valence-electron chi connectivity index (χ3n) is 2.78. The van der Waals surface area contributed by atoms with Crippen molar-refractivity contribution in [2.75, 3.05) is 19.7 Å². The van der Waals surface area contributed by atoms with E-state index in [1.165, 1.54) is 17.1 Å². The Morgan fingerprint density at radius 2 is 1.82 bits per heavy atom. The van der Waals surface area contributed by atoms with Gasteiger partial charge in [-0.1, -0.05) is 12.2 Å². The molecule has 0 N–H and O–H groups in total. The first kappa shape index (κ1) is 17.6. The molecule has 0 atom stereocenters. The standard InChI is InChI=1S/C16H17F2NO3/c1-4-6-19(7-5-2)15(21)10-22-16-13(11(3)20)8-12(17)9-14(16)18/h4-5,8-9H,1-2,6-7,10H2,3H3. The summed E-state index contributed by atoms with van der Waals surface area (Å²) in [7, 11) is 0. The predicted molar refractivity (Wildman–Crippen MR) is 78.8 cm³/mol. The first-order valence-corrected chi connectivity index (χ1v) is 6.53. The van der Waals surface area contributed by atoms with Crippen molar-refractivity contribution in [1.82, 2.24) is 4.90 Å². The summed E-state index contributed by atoms with van der Waals surface area (Å²) in [5.74, 6) is -3.34. The van der Waals surface area contributed by atoms with Crippen LogP contribution in [0.25, 0.3) is 0 Å². The number of hydrogen-bond donors (Lipinski definition) is 0. The Labute approximate surface area is 127 Å². The van der Waals surface area contributed by atoms with Crippen molar-refractivity contribution in [3.05, 3.63) is 54.6 Å². The maximum absolute atomic E-state index is 13.7. The molecule has 4 nitrogen and oxygen atoms in total. The molecule has 0 unspecified atom stereocenters. The fourth-order valence-electron chi connectivity index (χ4n) is 1.78. The molecule has 118 valence electrons. The number of ether oxygens (including phenoxy) is 1. The molecule has 0 radical (unpaired) electrons. The van der Waals surface area contributed by atoms with Crippen molar-refractivity contribution in [3.63, 3.8) is 0 Å². The summed E-state index contributed by atoms with van der Waals surface area (Å²) in [5, 5.41) is 0. The lowest BCUT2D eigenvalue weighted by Crippen LogP contribution is -2.35. The van der Waals surface area contributed by atoms with E-state index in [2.05, 4.69) is 13.2 Å². The highest BCUT2D eigenvalue weighted by atomic mass is 19.1. The third-order valence-corrected chi connectivity index (χ3v) is 2.78. The Hall–Kier alpha value is -2.50. The smallest absolute Gasteiger partial charge is 0.261 e. The minimum atomic E-state index is -1.03. The summed E-state index contributed by atoms with van der Waals surface area (Å²) < 4.78 is 32.0. The van der Waals surface area contributed by atoms with Gasteiger partial charge in [-0.05, 0) is 13.0 Å². The average molecular weight is 309 g/mol. The molecule has 0 aliphatic carbocycles. The van der Waals surface area contributed by atoms with Crippen LogP contribution in [0.1, 0.15) is 17.3 Å². The lowest BCUT2D eigenvalue weighted by molar-refractivity contribution is -0.132. The predicted octanol–water partition coefficient (Wildman–Crippen LogP) is 2.75. The average Bonchev–Trinajstić information content (AvgIpc) is 2.45. The number of ketones is 1. The molecular formula is C16H17F2NO3. The zero-order chi connectivity index (χ0) is 16.7. The number of benzene rings is 1. The fourth-order valence-corrected chi connectivity index (χ4v) is 1.78. The molecule has 0 bridgehead atoms. The van der Waals surface area contributed by atoms with Gasteiger partial charge >= 0.3 is 0 Å². The molecule has 0 aliphatic heterocycles. The number of nitrogens with zero attached hydrogens (tertiary/aromatic N) is 1. The van der Waals surface area contributed by atoms with Gasteiger partial charge in [0, 0.05) is 19.2 Å². The van der Waals surface area contributed by atoms with E-state index < -0.39 is 35.7 Å². The minimum Gasteiger partial charge on any atom is -0.480 e. The summed E-state index contributed by atoms with van der Waals surface area (Å²) in [6.45, 7) is 8.29. The van der Waals surface area contributed by atoms with Gasteiger partial charge in [-0.2, -0.15) is 0 Å². The van der Waals surface area contributed by atoms with E-state index in [0.29, 0.717) is 6.07 Å². The molecule has 22 heavy (non-hydrogen) atoms. The SMILES string of the molecule is C=CCN(CC=C)C(=O)COc1c(F)cc(F)cc1C(C)=O. The Balaban J connectivity index is 2.91. The van der Waals surface area contributed by atoms with Gasteiger partial charge in [-0.25, -0.2) is 8.78 Å². The number of Topliss-reactive ketones (excluding diaryl/α,β-unsaturated/α-hetero) is 1. The van der Waals surface area contributed by atoms with Crippen LogP contribution >= 0.6 is 0 Å². The van der Waals surface area contributed by atoms with E-state index >= 15 is 0 Å². The molecule has 0 spiro atoms. The molecule has 0 aromatic heterocycles. The number of hydrogen-bond acceptors (Lipinski definition) is 3. The van der Waals surface area contributed by atoms with Gasteiger partial charge in [0.25, 0.3) is 5.91 Å². The highest BCUT2D eigenvalue weighted by Crippen LogP contribution is 2.25. The maximum Gasteiger partial charge on any atom is 0.261 e. The molecule has 0 aliphatic rings. The summed E-state index contributed by atoms with van der Waals surface area (Å²) in [5.41, 5.74) is -0.246. The number of rotatable bonds is 8. The van der Waals surface area contributed by atoms with Gasteiger partial charge in [0.1, 0.15) is 5.82 Å². The molecule has 0 saturated heterocycles. The lowest BCUT2D eigenvalue weighted by Gasteiger charge is -2.20. The normalized spacial score (nSPS) is 9.95. The lowest BCUT2D eigenvalue weighted by atomic mass is 10.1. The topological polar surface area (TPSA) is 46.6 Å². The Morgan fingerprint density at radius 1 is 1.23 bits per heavy atom. The Kier molecular flexibility index (Phi) is 6.44. The van der Waals surface area contributed by atoms with Crippen LogP contribution in [0.2, 0.25) is 0 Å². The number of halogens is 2. The van der Waals surface area contributed by atoms with Crippen LogP contribution in [0.4, 0.5) is 8.78 Å². The fraction of sp³-hybridized carbons (Fsp3) is 0.250. The molecule has 6 heteroatoms. The van der Waals surface area contributed by atoms with Gasteiger partial charge < -0.3 is 9.64 Å². The van der Waals surface area contributed by atoms with E-state index in [-0.39, 0.29) is 18.7 Å². The summed E-state index contributed by atoms with van der Waals surface area (Å²) >= 11 is 0. The third kappa shape index (κ3) is 4.51. The second kappa shape index (κ2) is 8.07. The van der Waals surface area contributed by atoms with Crippen LogP contribution in [-0.4, -0.2) is 36.3 Å². The zero-order valence-electron chi connectivity index (χ0n) is 12.3. The van der Waals surface area contributed by atoms with Crippen molar-refractivity contribution in [3.8, 4) is 5.75 Å². The van der Waals surface area contributed by atoms with E-state index in [1.54, 1.807) is 0 Å². The molecule has 0 fully saturated rings. The Bertz CT molecular complexity index is 589. The molecule has 1 rings (SSSR count). The van der Waals surface area contributed by atoms with Crippen molar-refractivity contribution >= 4 is 11.7 Å². The van der Waals surface area contributed by atoms with Crippen LogP contribution in [0.3, 0.4) is 0 Å². The molecule has 1 aromatic carbocycles.